The average Bonchev–Trinajstić information content (AvgIpc) is 3.49. The Morgan fingerprint density at radius 1 is 1.04 bits per heavy atom. The fourth-order valence-corrected chi connectivity index (χ4v) is 3.40. The van der Waals surface area contributed by atoms with Crippen molar-refractivity contribution in [1.82, 2.24) is 20.2 Å². The van der Waals surface area contributed by atoms with Gasteiger partial charge >= 0.3 is 6.01 Å². The monoisotopic (exact) mass is 368 g/mol. The van der Waals surface area contributed by atoms with Crippen molar-refractivity contribution < 1.29 is 9.47 Å². The minimum atomic E-state index is 0.235. The fraction of sp³-hybridized carbons (Fsp3) is 0.263. The predicted molar refractivity (Wildman–Crippen MR) is 97.7 cm³/mol. The van der Waals surface area contributed by atoms with Gasteiger partial charge in [0.05, 0.1) is 19.8 Å². The quantitative estimate of drug-likeness (QED) is 0.680. The molecule has 0 saturated heterocycles. The molecule has 7 heteroatoms. The van der Waals surface area contributed by atoms with Crippen molar-refractivity contribution >= 4 is 11.6 Å². The number of hydrogen-bond acceptors (Lipinski definition) is 6. The molecule has 1 fully saturated rings. The summed E-state index contributed by atoms with van der Waals surface area (Å²) in [7, 11) is 3.05. The predicted octanol–water partition coefficient (Wildman–Crippen LogP) is 3.88. The third kappa shape index (κ3) is 3.08. The lowest BCUT2D eigenvalue weighted by atomic mass is 10.0. The Balaban J connectivity index is 1.68. The second kappa shape index (κ2) is 6.88. The third-order valence-electron chi connectivity index (χ3n) is 4.58. The molecule has 4 rings (SSSR count). The summed E-state index contributed by atoms with van der Waals surface area (Å²) >= 11 is 6.34. The van der Waals surface area contributed by atoms with E-state index >= 15 is 0 Å². The van der Waals surface area contributed by atoms with E-state index in [1.807, 2.05) is 12.1 Å². The van der Waals surface area contributed by atoms with E-state index in [1.54, 1.807) is 13.3 Å². The van der Waals surface area contributed by atoms with Gasteiger partial charge in [-0.05, 0) is 35.4 Å². The molecule has 2 aromatic heterocycles. The minimum Gasteiger partial charge on any atom is -0.480 e. The van der Waals surface area contributed by atoms with Crippen molar-refractivity contribution in [2.45, 2.75) is 18.3 Å². The van der Waals surface area contributed by atoms with Gasteiger partial charge < -0.3 is 9.47 Å². The average molecular weight is 369 g/mol. The van der Waals surface area contributed by atoms with Crippen LogP contribution >= 0.6 is 11.6 Å². The summed E-state index contributed by atoms with van der Waals surface area (Å²) in [5, 5.41) is 8.77. The number of ether oxygens (including phenoxy) is 2. The lowest BCUT2D eigenvalue weighted by Gasteiger charge is -2.09. The van der Waals surface area contributed by atoms with Gasteiger partial charge in [-0.2, -0.15) is 4.98 Å². The van der Waals surface area contributed by atoms with Crippen molar-refractivity contribution in [1.29, 1.82) is 0 Å². The number of rotatable bonds is 5. The van der Waals surface area contributed by atoms with Crippen LogP contribution in [0.25, 0.3) is 11.3 Å². The summed E-state index contributed by atoms with van der Waals surface area (Å²) in [4.78, 5) is 8.35. The molecule has 0 bridgehead atoms. The molecular formula is C19H17ClN4O2. The minimum absolute atomic E-state index is 0.235. The molecule has 26 heavy (non-hydrogen) atoms. The molecule has 1 aromatic carbocycles. The molecule has 132 valence electrons. The van der Waals surface area contributed by atoms with Crippen LogP contribution < -0.4 is 9.47 Å². The number of aromatic nitrogens is 4. The Kier molecular flexibility index (Phi) is 4.42. The van der Waals surface area contributed by atoms with Crippen molar-refractivity contribution in [2.75, 3.05) is 14.2 Å². The zero-order valence-corrected chi connectivity index (χ0v) is 15.1. The number of halogens is 1. The van der Waals surface area contributed by atoms with E-state index in [2.05, 4.69) is 44.4 Å². The van der Waals surface area contributed by atoms with E-state index in [-0.39, 0.29) is 6.01 Å². The first-order valence-electron chi connectivity index (χ1n) is 8.24. The molecular weight excluding hydrogens is 352 g/mol. The molecule has 2 heterocycles. The molecule has 1 saturated carbocycles. The molecule has 0 radical (unpaired) electrons. The van der Waals surface area contributed by atoms with Crippen LogP contribution in [0, 0.1) is 0 Å². The number of nitrogens with zero attached hydrogens (tertiary/aromatic N) is 4. The van der Waals surface area contributed by atoms with Crippen molar-refractivity contribution in [3.63, 3.8) is 0 Å². The third-order valence-corrected chi connectivity index (χ3v) is 4.87. The van der Waals surface area contributed by atoms with E-state index in [1.165, 1.54) is 12.7 Å². The summed E-state index contributed by atoms with van der Waals surface area (Å²) < 4.78 is 10.4. The van der Waals surface area contributed by atoms with Crippen molar-refractivity contribution in [3.8, 4) is 23.1 Å². The van der Waals surface area contributed by atoms with Crippen molar-refractivity contribution in [3.05, 3.63) is 58.9 Å². The van der Waals surface area contributed by atoms with Gasteiger partial charge in [-0.3, -0.25) is 0 Å². The summed E-state index contributed by atoms with van der Waals surface area (Å²) in [5.41, 5.74) is 3.58. The van der Waals surface area contributed by atoms with Gasteiger partial charge in [0.1, 0.15) is 5.69 Å². The normalized spacial score (nSPS) is 18.4. The Bertz CT molecular complexity index is 936. The molecule has 1 unspecified atom stereocenters. The van der Waals surface area contributed by atoms with E-state index in [0.29, 0.717) is 34.1 Å². The molecule has 1 aliphatic rings. The zero-order valence-electron chi connectivity index (χ0n) is 14.4. The lowest BCUT2D eigenvalue weighted by molar-refractivity contribution is 0.353. The molecule has 6 nitrogen and oxygen atoms in total. The van der Waals surface area contributed by atoms with Crippen LogP contribution in [0.3, 0.4) is 0 Å². The van der Waals surface area contributed by atoms with E-state index in [4.69, 9.17) is 21.1 Å². The van der Waals surface area contributed by atoms with Crippen LogP contribution in [0.15, 0.2) is 42.6 Å². The fourth-order valence-electron chi connectivity index (χ4n) is 3.17. The van der Waals surface area contributed by atoms with Crippen LogP contribution in [0.2, 0.25) is 5.15 Å². The number of benzene rings is 1. The molecule has 0 spiro atoms. The van der Waals surface area contributed by atoms with Gasteiger partial charge in [0.15, 0.2) is 5.15 Å². The number of hydrogen-bond donors (Lipinski definition) is 0. The first-order chi connectivity index (χ1) is 12.7. The maximum Gasteiger partial charge on any atom is 0.319 e. The highest BCUT2D eigenvalue weighted by Crippen LogP contribution is 2.56. The second-order valence-electron chi connectivity index (χ2n) is 6.11. The van der Waals surface area contributed by atoms with E-state index in [0.717, 1.165) is 12.0 Å². The maximum absolute atomic E-state index is 6.34. The summed E-state index contributed by atoms with van der Waals surface area (Å²) in [6, 6.07) is 12.6. The second-order valence-corrected chi connectivity index (χ2v) is 6.47. The lowest BCUT2D eigenvalue weighted by Crippen LogP contribution is -2.00. The van der Waals surface area contributed by atoms with Gasteiger partial charge in [-0.15, -0.1) is 10.2 Å². The summed E-state index contributed by atoms with van der Waals surface area (Å²) in [5.74, 6) is 1.18. The highest BCUT2D eigenvalue weighted by molar-refractivity contribution is 6.30. The standard InChI is InChI=1S/C19H17ClN4O2/c1-25-18-15(10-21-19(22-18)26-2)16-9-14(17(20)24-23-16)13-8-12(13)11-6-4-3-5-7-11/h3-7,9-10,12-13H,8H2,1-2H3/t12-,13?/m1/s1. The van der Waals surface area contributed by atoms with Gasteiger partial charge in [0.25, 0.3) is 0 Å². The van der Waals surface area contributed by atoms with Crippen LogP contribution in [0.4, 0.5) is 0 Å². The summed E-state index contributed by atoms with van der Waals surface area (Å²) in [6.45, 7) is 0. The summed E-state index contributed by atoms with van der Waals surface area (Å²) in [6.07, 6.45) is 2.67. The van der Waals surface area contributed by atoms with Crippen LogP contribution in [-0.2, 0) is 0 Å². The van der Waals surface area contributed by atoms with Crippen LogP contribution in [-0.4, -0.2) is 34.4 Å². The first kappa shape index (κ1) is 16.7. The highest BCUT2D eigenvalue weighted by Gasteiger charge is 2.41. The van der Waals surface area contributed by atoms with E-state index in [9.17, 15) is 0 Å². The molecule has 3 aromatic rings. The van der Waals surface area contributed by atoms with Gasteiger partial charge in [-0.25, -0.2) is 4.98 Å². The smallest absolute Gasteiger partial charge is 0.319 e. The maximum atomic E-state index is 6.34. The van der Waals surface area contributed by atoms with Crippen LogP contribution in [0.5, 0.6) is 11.9 Å². The topological polar surface area (TPSA) is 70.0 Å². The largest absolute Gasteiger partial charge is 0.480 e. The Hall–Kier alpha value is -2.73. The van der Waals surface area contributed by atoms with Crippen LogP contribution in [0.1, 0.15) is 29.4 Å². The first-order valence-corrected chi connectivity index (χ1v) is 8.62. The van der Waals surface area contributed by atoms with Crippen molar-refractivity contribution in [2.24, 2.45) is 0 Å². The highest BCUT2D eigenvalue weighted by atomic mass is 35.5. The Morgan fingerprint density at radius 3 is 2.58 bits per heavy atom. The Morgan fingerprint density at radius 2 is 1.85 bits per heavy atom. The van der Waals surface area contributed by atoms with Gasteiger partial charge in [0, 0.05) is 6.20 Å². The Labute approximate surface area is 156 Å². The van der Waals surface area contributed by atoms with E-state index < -0.39 is 0 Å². The van der Waals surface area contributed by atoms with Gasteiger partial charge in [0.2, 0.25) is 5.88 Å². The molecule has 0 N–H and O–H groups in total. The zero-order chi connectivity index (χ0) is 18.1. The van der Waals surface area contributed by atoms with Gasteiger partial charge in [-0.1, -0.05) is 41.9 Å². The number of methoxy groups -OCH3 is 2. The molecule has 2 atom stereocenters. The molecule has 0 aliphatic heterocycles. The molecule has 0 amide bonds. The molecule has 1 aliphatic carbocycles. The SMILES string of the molecule is COc1ncc(-c2cc(C3C[C@@H]3c3ccccc3)c(Cl)nn2)c(OC)n1.